The van der Waals surface area contributed by atoms with Gasteiger partial charge in [0, 0.05) is 18.8 Å². The van der Waals surface area contributed by atoms with E-state index in [9.17, 15) is 4.79 Å². The van der Waals surface area contributed by atoms with Crippen LogP contribution in [-0.4, -0.2) is 25.7 Å². The SMILES string of the molecule is O=C(Nc1ccc2c(c1)CNCC2)C1CCCOC1. The molecule has 0 spiro atoms. The van der Waals surface area contributed by atoms with Gasteiger partial charge in [-0.3, -0.25) is 4.79 Å². The number of carbonyl (C=O) groups is 1. The molecule has 102 valence electrons. The molecule has 0 aromatic heterocycles. The molecule has 2 aliphatic rings. The topological polar surface area (TPSA) is 50.4 Å². The van der Waals surface area contributed by atoms with Gasteiger partial charge in [-0.05, 0) is 49.1 Å². The molecule has 1 aromatic carbocycles. The molecule has 1 amide bonds. The van der Waals surface area contributed by atoms with Gasteiger partial charge in [0.05, 0.1) is 12.5 Å². The van der Waals surface area contributed by atoms with Crippen molar-refractivity contribution in [2.75, 3.05) is 25.1 Å². The van der Waals surface area contributed by atoms with Crippen molar-refractivity contribution < 1.29 is 9.53 Å². The molecule has 1 fully saturated rings. The molecular weight excluding hydrogens is 240 g/mol. The molecule has 0 bridgehead atoms. The molecule has 19 heavy (non-hydrogen) atoms. The molecule has 0 radical (unpaired) electrons. The Balaban J connectivity index is 1.67. The van der Waals surface area contributed by atoms with E-state index in [1.807, 2.05) is 6.07 Å². The summed E-state index contributed by atoms with van der Waals surface area (Å²) in [6.45, 7) is 3.27. The zero-order valence-corrected chi connectivity index (χ0v) is 11.1. The van der Waals surface area contributed by atoms with E-state index in [0.29, 0.717) is 6.61 Å². The molecule has 1 aromatic rings. The second-order valence-electron chi connectivity index (χ2n) is 5.31. The monoisotopic (exact) mass is 260 g/mol. The van der Waals surface area contributed by atoms with Crippen molar-refractivity contribution in [1.29, 1.82) is 0 Å². The minimum atomic E-state index is 0.00269. The van der Waals surface area contributed by atoms with Crippen LogP contribution in [0.25, 0.3) is 0 Å². The number of nitrogens with one attached hydrogen (secondary N) is 2. The Kier molecular flexibility index (Phi) is 3.80. The zero-order chi connectivity index (χ0) is 13.1. The lowest BCUT2D eigenvalue weighted by Crippen LogP contribution is -2.30. The lowest BCUT2D eigenvalue weighted by atomic mass is 9.99. The minimum Gasteiger partial charge on any atom is -0.381 e. The van der Waals surface area contributed by atoms with Gasteiger partial charge in [0.2, 0.25) is 5.91 Å². The van der Waals surface area contributed by atoms with Crippen LogP contribution >= 0.6 is 0 Å². The molecule has 0 aliphatic carbocycles. The number of hydrogen-bond acceptors (Lipinski definition) is 3. The van der Waals surface area contributed by atoms with E-state index in [4.69, 9.17) is 4.74 Å². The van der Waals surface area contributed by atoms with Gasteiger partial charge in [-0.2, -0.15) is 0 Å². The van der Waals surface area contributed by atoms with E-state index in [1.54, 1.807) is 0 Å². The van der Waals surface area contributed by atoms with Gasteiger partial charge in [-0.15, -0.1) is 0 Å². The lowest BCUT2D eigenvalue weighted by molar-refractivity contribution is -0.123. The fraction of sp³-hybridized carbons (Fsp3) is 0.533. The fourth-order valence-electron chi connectivity index (χ4n) is 2.75. The molecular formula is C15H20N2O2. The maximum absolute atomic E-state index is 12.1. The van der Waals surface area contributed by atoms with Gasteiger partial charge in [0.1, 0.15) is 0 Å². The highest BCUT2D eigenvalue weighted by Gasteiger charge is 2.22. The van der Waals surface area contributed by atoms with Crippen molar-refractivity contribution in [2.24, 2.45) is 5.92 Å². The first-order valence-corrected chi connectivity index (χ1v) is 7.04. The maximum Gasteiger partial charge on any atom is 0.229 e. The quantitative estimate of drug-likeness (QED) is 0.851. The number of rotatable bonds is 2. The van der Waals surface area contributed by atoms with Gasteiger partial charge in [-0.25, -0.2) is 0 Å². The van der Waals surface area contributed by atoms with Crippen LogP contribution in [0.5, 0.6) is 0 Å². The number of hydrogen-bond donors (Lipinski definition) is 2. The molecule has 2 aliphatic heterocycles. The van der Waals surface area contributed by atoms with E-state index >= 15 is 0 Å². The fourth-order valence-corrected chi connectivity index (χ4v) is 2.75. The third kappa shape index (κ3) is 2.96. The number of carbonyl (C=O) groups excluding carboxylic acids is 1. The standard InChI is InChI=1S/C15H20N2O2/c18-15(12-2-1-7-19-10-12)17-14-4-3-11-5-6-16-9-13(11)8-14/h3-4,8,12,16H,1-2,5-7,9-10H2,(H,17,18). The Morgan fingerprint density at radius 2 is 2.32 bits per heavy atom. The largest absolute Gasteiger partial charge is 0.381 e. The molecule has 2 heterocycles. The first-order valence-electron chi connectivity index (χ1n) is 7.04. The maximum atomic E-state index is 12.1. The Hall–Kier alpha value is -1.39. The molecule has 0 saturated carbocycles. The van der Waals surface area contributed by atoms with Gasteiger partial charge in [0.25, 0.3) is 0 Å². The first-order chi connectivity index (χ1) is 9.33. The molecule has 1 saturated heterocycles. The number of ether oxygens (including phenoxy) is 1. The molecule has 4 nitrogen and oxygen atoms in total. The van der Waals surface area contributed by atoms with Crippen molar-refractivity contribution in [3.8, 4) is 0 Å². The summed E-state index contributed by atoms with van der Waals surface area (Å²) in [5.74, 6) is 0.0892. The number of amides is 1. The van der Waals surface area contributed by atoms with Crippen molar-refractivity contribution in [3.05, 3.63) is 29.3 Å². The average Bonchev–Trinajstić information content (AvgIpc) is 2.48. The van der Waals surface area contributed by atoms with Gasteiger partial charge in [0.15, 0.2) is 0 Å². The van der Waals surface area contributed by atoms with Crippen LogP contribution in [0.3, 0.4) is 0 Å². The van der Waals surface area contributed by atoms with E-state index < -0.39 is 0 Å². The predicted molar refractivity (Wildman–Crippen MR) is 74.0 cm³/mol. The van der Waals surface area contributed by atoms with Crippen LogP contribution in [0.15, 0.2) is 18.2 Å². The second-order valence-corrected chi connectivity index (χ2v) is 5.31. The Morgan fingerprint density at radius 1 is 1.37 bits per heavy atom. The van der Waals surface area contributed by atoms with Crippen molar-refractivity contribution >= 4 is 11.6 Å². The highest BCUT2D eigenvalue weighted by Crippen LogP contribution is 2.21. The summed E-state index contributed by atoms with van der Waals surface area (Å²) in [5, 5.41) is 6.37. The molecule has 4 heteroatoms. The van der Waals surface area contributed by atoms with Crippen LogP contribution in [0.2, 0.25) is 0 Å². The molecule has 1 atom stereocenters. The highest BCUT2D eigenvalue weighted by atomic mass is 16.5. The summed E-state index contributed by atoms with van der Waals surface area (Å²) in [6.07, 6.45) is 2.98. The summed E-state index contributed by atoms with van der Waals surface area (Å²) in [7, 11) is 0. The Bertz CT molecular complexity index is 467. The first kappa shape index (κ1) is 12.6. The predicted octanol–water partition coefficient (Wildman–Crippen LogP) is 1.70. The van der Waals surface area contributed by atoms with E-state index in [1.165, 1.54) is 11.1 Å². The zero-order valence-electron chi connectivity index (χ0n) is 11.1. The summed E-state index contributed by atoms with van der Waals surface area (Å²) < 4.78 is 5.36. The summed E-state index contributed by atoms with van der Waals surface area (Å²) in [4.78, 5) is 12.1. The second kappa shape index (κ2) is 5.72. The number of fused-ring (bicyclic) bond motifs is 1. The summed E-state index contributed by atoms with van der Waals surface area (Å²) in [6, 6.07) is 6.22. The van der Waals surface area contributed by atoms with Gasteiger partial charge >= 0.3 is 0 Å². The minimum absolute atomic E-state index is 0.00269. The highest BCUT2D eigenvalue weighted by molar-refractivity contribution is 5.92. The van der Waals surface area contributed by atoms with E-state index in [-0.39, 0.29) is 11.8 Å². The van der Waals surface area contributed by atoms with Crippen molar-refractivity contribution in [1.82, 2.24) is 5.32 Å². The van der Waals surface area contributed by atoms with Crippen LogP contribution in [-0.2, 0) is 22.5 Å². The third-order valence-electron chi connectivity index (χ3n) is 3.89. The smallest absolute Gasteiger partial charge is 0.229 e. The van der Waals surface area contributed by atoms with Crippen LogP contribution in [0.4, 0.5) is 5.69 Å². The molecule has 1 unspecified atom stereocenters. The van der Waals surface area contributed by atoms with Gasteiger partial charge < -0.3 is 15.4 Å². The van der Waals surface area contributed by atoms with Crippen molar-refractivity contribution in [3.63, 3.8) is 0 Å². The van der Waals surface area contributed by atoms with E-state index in [0.717, 1.165) is 44.6 Å². The number of benzene rings is 1. The number of anilines is 1. The molecule has 3 rings (SSSR count). The summed E-state index contributed by atoms with van der Waals surface area (Å²) in [5.41, 5.74) is 3.58. The lowest BCUT2D eigenvalue weighted by Gasteiger charge is -2.22. The molecule has 2 N–H and O–H groups in total. The van der Waals surface area contributed by atoms with Gasteiger partial charge in [-0.1, -0.05) is 6.07 Å². The Morgan fingerprint density at radius 3 is 3.16 bits per heavy atom. The van der Waals surface area contributed by atoms with Crippen LogP contribution in [0.1, 0.15) is 24.0 Å². The van der Waals surface area contributed by atoms with Crippen molar-refractivity contribution in [2.45, 2.75) is 25.8 Å². The normalized spacial score (nSPS) is 22.6. The van der Waals surface area contributed by atoms with Crippen LogP contribution < -0.4 is 10.6 Å². The third-order valence-corrected chi connectivity index (χ3v) is 3.89. The van der Waals surface area contributed by atoms with Crippen LogP contribution in [0, 0.1) is 5.92 Å². The summed E-state index contributed by atoms with van der Waals surface area (Å²) >= 11 is 0. The van der Waals surface area contributed by atoms with E-state index in [2.05, 4.69) is 22.8 Å². The Labute approximate surface area is 113 Å². The average molecular weight is 260 g/mol.